The van der Waals surface area contributed by atoms with E-state index < -0.39 is 0 Å². The standard InChI is InChI=1S/C15H18N6O/c16-14(19-22)12-4-1-2-5-13(12)20-8-10-21(11-9-20)15-17-6-3-7-18-15/h1-7,22H,8-11H2,(H2,16,19). The highest BCUT2D eigenvalue weighted by Crippen LogP contribution is 2.22. The Morgan fingerprint density at radius 3 is 2.32 bits per heavy atom. The van der Waals surface area contributed by atoms with Crippen molar-refractivity contribution in [3.63, 3.8) is 0 Å². The van der Waals surface area contributed by atoms with Crippen LogP contribution in [-0.4, -0.2) is 47.2 Å². The van der Waals surface area contributed by atoms with Gasteiger partial charge in [-0.2, -0.15) is 0 Å². The van der Waals surface area contributed by atoms with Gasteiger partial charge in [-0.3, -0.25) is 0 Å². The summed E-state index contributed by atoms with van der Waals surface area (Å²) in [4.78, 5) is 13.0. The van der Waals surface area contributed by atoms with Crippen molar-refractivity contribution in [3.8, 4) is 0 Å². The number of nitrogens with two attached hydrogens (primary N) is 1. The summed E-state index contributed by atoms with van der Waals surface area (Å²) < 4.78 is 0. The molecule has 1 aromatic heterocycles. The van der Waals surface area contributed by atoms with E-state index >= 15 is 0 Å². The van der Waals surface area contributed by atoms with Crippen LogP contribution in [0.2, 0.25) is 0 Å². The van der Waals surface area contributed by atoms with E-state index in [1.165, 1.54) is 0 Å². The highest BCUT2D eigenvalue weighted by atomic mass is 16.4. The molecule has 0 unspecified atom stereocenters. The molecule has 7 heteroatoms. The molecule has 1 fully saturated rings. The Hall–Kier alpha value is -2.83. The molecule has 0 aliphatic carbocycles. The molecular formula is C15H18N6O. The molecule has 7 nitrogen and oxygen atoms in total. The van der Waals surface area contributed by atoms with Crippen LogP contribution in [0.3, 0.4) is 0 Å². The van der Waals surface area contributed by atoms with Crippen LogP contribution < -0.4 is 15.5 Å². The molecule has 0 atom stereocenters. The van der Waals surface area contributed by atoms with E-state index in [-0.39, 0.29) is 5.84 Å². The monoisotopic (exact) mass is 298 g/mol. The molecule has 1 saturated heterocycles. The third kappa shape index (κ3) is 2.78. The topological polar surface area (TPSA) is 90.9 Å². The summed E-state index contributed by atoms with van der Waals surface area (Å²) in [6.45, 7) is 3.31. The molecule has 0 spiro atoms. The Morgan fingerprint density at radius 1 is 1.00 bits per heavy atom. The largest absolute Gasteiger partial charge is 0.409 e. The number of hydrogen-bond acceptors (Lipinski definition) is 6. The number of rotatable bonds is 3. The summed E-state index contributed by atoms with van der Waals surface area (Å²) >= 11 is 0. The van der Waals surface area contributed by atoms with Crippen molar-refractivity contribution in [2.45, 2.75) is 0 Å². The molecule has 1 aromatic carbocycles. The average molecular weight is 298 g/mol. The van der Waals surface area contributed by atoms with Crippen molar-refractivity contribution in [1.82, 2.24) is 9.97 Å². The third-order valence-electron chi connectivity index (χ3n) is 3.74. The van der Waals surface area contributed by atoms with E-state index in [2.05, 4.69) is 24.9 Å². The zero-order chi connectivity index (χ0) is 15.4. The number of oxime groups is 1. The zero-order valence-electron chi connectivity index (χ0n) is 12.1. The van der Waals surface area contributed by atoms with Crippen molar-refractivity contribution < 1.29 is 5.21 Å². The van der Waals surface area contributed by atoms with Crippen LogP contribution in [-0.2, 0) is 0 Å². The van der Waals surface area contributed by atoms with Gasteiger partial charge in [0.1, 0.15) is 0 Å². The van der Waals surface area contributed by atoms with Crippen LogP contribution >= 0.6 is 0 Å². The van der Waals surface area contributed by atoms with E-state index in [1.54, 1.807) is 12.4 Å². The average Bonchev–Trinajstić information content (AvgIpc) is 2.62. The van der Waals surface area contributed by atoms with Crippen molar-refractivity contribution in [2.75, 3.05) is 36.0 Å². The van der Waals surface area contributed by atoms with Crippen LogP contribution in [0, 0.1) is 0 Å². The summed E-state index contributed by atoms with van der Waals surface area (Å²) in [7, 11) is 0. The summed E-state index contributed by atoms with van der Waals surface area (Å²) in [6, 6.07) is 9.49. The SMILES string of the molecule is N/C(=N\O)c1ccccc1N1CCN(c2ncccn2)CC1. The Kier molecular flexibility index (Phi) is 4.04. The maximum Gasteiger partial charge on any atom is 0.225 e. The first kappa shape index (κ1) is 14.1. The Bertz CT molecular complexity index is 652. The van der Waals surface area contributed by atoms with Crippen molar-refractivity contribution >= 4 is 17.5 Å². The second-order valence-electron chi connectivity index (χ2n) is 5.03. The number of benzene rings is 1. The van der Waals surface area contributed by atoms with Crippen LogP contribution in [0.5, 0.6) is 0 Å². The smallest absolute Gasteiger partial charge is 0.225 e. The summed E-state index contributed by atoms with van der Waals surface area (Å²) in [6.07, 6.45) is 3.50. The summed E-state index contributed by atoms with van der Waals surface area (Å²) in [5, 5.41) is 12.0. The van der Waals surface area contributed by atoms with Crippen molar-refractivity contribution in [3.05, 3.63) is 48.3 Å². The molecule has 0 amide bonds. The number of piperazine rings is 1. The maximum atomic E-state index is 8.92. The summed E-state index contributed by atoms with van der Waals surface area (Å²) in [5.74, 6) is 0.885. The first-order valence-electron chi connectivity index (χ1n) is 7.13. The number of amidine groups is 1. The second kappa shape index (κ2) is 6.30. The number of para-hydroxylation sites is 1. The van der Waals surface area contributed by atoms with Gasteiger partial charge in [0.2, 0.25) is 5.95 Å². The van der Waals surface area contributed by atoms with Gasteiger partial charge in [-0.25, -0.2) is 9.97 Å². The number of aromatic nitrogens is 2. The van der Waals surface area contributed by atoms with E-state index in [0.29, 0.717) is 0 Å². The number of hydrogen-bond donors (Lipinski definition) is 2. The van der Waals surface area contributed by atoms with E-state index in [9.17, 15) is 0 Å². The van der Waals surface area contributed by atoms with Gasteiger partial charge in [0.25, 0.3) is 0 Å². The minimum Gasteiger partial charge on any atom is -0.409 e. The van der Waals surface area contributed by atoms with E-state index in [1.807, 2.05) is 30.3 Å². The molecule has 3 rings (SSSR count). The first-order valence-corrected chi connectivity index (χ1v) is 7.13. The van der Waals surface area contributed by atoms with Gasteiger partial charge in [0, 0.05) is 49.8 Å². The number of anilines is 2. The fraction of sp³-hybridized carbons (Fsp3) is 0.267. The molecule has 1 aliphatic heterocycles. The minimum absolute atomic E-state index is 0.129. The zero-order valence-corrected chi connectivity index (χ0v) is 12.1. The minimum atomic E-state index is 0.129. The summed E-state index contributed by atoms with van der Waals surface area (Å²) in [5.41, 5.74) is 7.49. The maximum absolute atomic E-state index is 8.92. The van der Waals surface area contributed by atoms with Gasteiger partial charge < -0.3 is 20.7 Å². The molecule has 0 saturated carbocycles. The second-order valence-corrected chi connectivity index (χ2v) is 5.03. The molecule has 0 bridgehead atoms. The Labute approximate surface area is 128 Å². The van der Waals surface area contributed by atoms with E-state index in [4.69, 9.17) is 10.9 Å². The molecule has 3 N–H and O–H groups in total. The van der Waals surface area contributed by atoms with Crippen LogP contribution in [0.15, 0.2) is 47.9 Å². The predicted molar refractivity (Wildman–Crippen MR) is 85.4 cm³/mol. The highest BCUT2D eigenvalue weighted by Gasteiger charge is 2.21. The van der Waals surface area contributed by atoms with Gasteiger partial charge >= 0.3 is 0 Å². The molecule has 114 valence electrons. The van der Waals surface area contributed by atoms with Crippen molar-refractivity contribution in [1.29, 1.82) is 0 Å². The fourth-order valence-electron chi connectivity index (χ4n) is 2.62. The van der Waals surface area contributed by atoms with Crippen LogP contribution in [0.4, 0.5) is 11.6 Å². The van der Waals surface area contributed by atoms with Gasteiger partial charge in [-0.15, -0.1) is 0 Å². The quantitative estimate of drug-likeness (QED) is 0.379. The normalized spacial score (nSPS) is 15.9. The third-order valence-corrected chi connectivity index (χ3v) is 3.74. The Morgan fingerprint density at radius 2 is 1.64 bits per heavy atom. The van der Waals surface area contributed by atoms with Crippen LogP contribution in [0.25, 0.3) is 0 Å². The lowest BCUT2D eigenvalue weighted by atomic mass is 10.1. The Balaban J connectivity index is 1.75. The lowest BCUT2D eigenvalue weighted by molar-refractivity contribution is 0.318. The highest BCUT2D eigenvalue weighted by molar-refractivity contribution is 6.02. The lowest BCUT2D eigenvalue weighted by Crippen LogP contribution is -2.47. The molecule has 2 aromatic rings. The predicted octanol–water partition coefficient (Wildman–Crippen LogP) is 0.898. The molecule has 22 heavy (non-hydrogen) atoms. The lowest BCUT2D eigenvalue weighted by Gasteiger charge is -2.36. The molecular weight excluding hydrogens is 280 g/mol. The fourth-order valence-corrected chi connectivity index (χ4v) is 2.62. The first-order chi connectivity index (χ1) is 10.8. The van der Waals surface area contributed by atoms with Gasteiger partial charge in [0.05, 0.1) is 0 Å². The molecule has 0 radical (unpaired) electrons. The number of nitrogens with zero attached hydrogens (tertiary/aromatic N) is 5. The van der Waals surface area contributed by atoms with Gasteiger partial charge in [-0.1, -0.05) is 17.3 Å². The van der Waals surface area contributed by atoms with Crippen LogP contribution in [0.1, 0.15) is 5.56 Å². The molecule has 1 aliphatic rings. The van der Waals surface area contributed by atoms with Gasteiger partial charge in [0.15, 0.2) is 5.84 Å². The van der Waals surface area contributed by atoms with E-state index in [0.717, 1.165) is 43.4 Å². The van der Waals surface area contributed by atoms with Crippen molar-refractivity contribution in [2.24, 2.45) is 10.9 Å². The molecule has 2 heterocycles. The van der Waals surface area contributed by atoms with Gasteiger partial charge in [-0.05, 0) is 18.2 Å².